The second kappa shape index (κ2) is 8.37. The zero-order valence-corrected chi connectivity index (χ0v) is 15.2. The molecule has 0 unspecified atom stereocenters. The van der Waals surface area contributed by atoms with Gasteiger partial charge in [-0.2, -0.15) is 0 Å². The summed E-state index contributed by atoms with van der Waals surface area (Å²) in [5.41, 5.74) is 6.37. The molecule has 2 aromatic carbocycles. The average Bonchev–Trinajstić information content (AvgIpc) is 2.71. The van der Waals surface area contributed by atoms with Crippen molar-refractivity contribution in [2.45, 2.75) is 0 Å². The molecule has 0 bridgehead atoms. The highest BCUT2D eigenvalue weighted by Crippen LogP contribution is 2.25. The molecule has 0 aliphatic carbocycles. The van der Waals surface area contributed by atoms with E-state index in [2.05, 4.69) is 21.2 Å². The first kappa shape index (κ1) is 18.5. The summed E-state index contributed by atoms with van der Waals surface area (Å²) in [7, 11) is 1.59. The van der Waals surface area contributed by atoms with E-state index in [0.29, 0.717) is 28.0 Å². The van der Waals surface area contributed by atoms with Crippen LogP contribution in [0.1, 0.15) is 10.4 Å². The van der Waals surface area contributed by atoms with Gasteiger partial charge in [-0.3, -0.25) is 20.4 Å². The Hall–Kier alpha value is -3.32. The minimum atomic E-state index is -0.502. The Balaban J connectivity index is 1.94. The number of rotatable bonds is 5. The molecule has 1 aromatic heterocycles. The van der Waals surface area contributed by atoms with Gasteiger partial charge in [0.05, 0.1) is 18.2 Å². The Bertz CT molecular complexity index is 994. The molecular formula is C19H17ClN4O3. The number of fused-ring (bicyclic) bond motifs is 1. The van der Waals surface area contributed by atoms with Crippen molar-refractivity contribution in [1.29, 1.82) is 0 Å². The van der Waals surface area contributed by atoms with Crippen molar-refractivity contribution in [3.05, 3.63) is 60.2 Å². The Morgan fingerprint density at radius 3 is 2.67 bits per heavy atom. The van der Waals surface area contributed by atoms with Crippen LogP contribution in [-0.2, 0) is 4.79 Å². The number of ether oxygens (including phenoxy) is 1. The molecule has 0 aliphatic heterocycles. The van der Waals surface area contributed by atoms with Gasteiger partial charge in [-0.1, -0.05) is 24.3 Å². The number of alkyl halides is 1. The van der Waals surface area contributed by atoms with Crippen LogP contribution in [0.4, 0.5) is 11.5 Å². The van der Waals surface area contributed by atoms with Crippen LogP contribution in [0.15, 0.2) is 54.6 Å². The topological polar surface area (TPSA) is 92.4 Å². The van der Waals surface area contributed by atoms with E-state index in [9.17, 15) is 9.59 Å². The van der Waals surface area contributed by atoms with Crippen molar-refractivity contribution in [1.82, 2.24) is 15.8 Å². The third-order valence-electron chi connectivity index (χ3n) is 3.74. The fourth-order valence-electron chi connectivity index (χ4n) is 2.50. The van der Waals surface area contributed by atoms with Gasteiger partial charge < -0.3 is 10.1 Å². The largest absolute Gasteiger partial charge is 0.497 e. The van der Waals surface area contributed by atoms with Crippen LogP contribution >= 0.6 is 11.6 Å². The normalized spacial score (nSPS) is 10.3. The van der Waals surface area contributed by atoms with Crippen molar-refractivity contribution in [3.8, 4) is 5.75 Å². The van der Waals surface area contributed by atoms with Crippen molar-refractivity contribution >= 4 is 45.8 Å². The number of carbonyl (C=O) groups excluding carboxylic acids is 2. The van der Waals surface area contributed by atoms with Crippen molar-refractivity contribution in [2.75, 3.05) is 18.3 Å². The Labute approximate surface area is 160 Å². The third-order valence-corrected chi connectivity index (χ3v) is 3.98. The number of nitrogens with zero attached hydrogens (tertiary/aromatic N) is 1. The maximum atomic E-state index is 12.5. The molecule has 0 aliphatic rings. The molecule has 1 heterocycles. The van der Waals surface area contributed by atoms with Gasteiger partial charge >= 0.3 is 0 Å². The molecule has 27 heavy (non-hydrogen) atoms. The third kappa shape index (κ3) is 4.45. The summed E-state index contributed by atoms with van der Waals surface area (Å²) in [5.74, 6) is -0.0443. The Kier molecular flexibility index (Phi) is 5.73. The van der Waals surface area contributed by atoms with Crippen LogP contribution in [0.3, 0.4) is 0 Å². The molecule has 0 atom stereocenters. The summed E-state index contributed by atoms with van der Waals surface area (Å²) < 4.78 is 5.21. The summed E-state index contributed by atoms with van der Waals surface area (Å²) in [4.78, 5) is 28.4. The summed E-state index contributed by atoms with van der Waals surface area (Å²) in [6.07, 6.45) is 0. The molecule has 0 spiro atoms. The molecule has 138 valence electrons. The van der Waals surface area contributed by atoms with Gasteiger partial charge in [0.15, 0.2) is 0 Å². The molecule has 7 nitrogen and oxygen atoms in total. The highest BCUT2D eigenvalue weighted by Gasteiger charge is 2.14. The molecule has 0 saturated carbocycles. The lowest BCUT2D eigenvalue weighted by Gasteiger charge is -2.12. The van der Waals surface area contributed by atoms with E-state index in [4.69, 9.17) is 16.3 Å². The van der Waals surface area contributed by atoms with Crippen LogP contribution in [-0.4, -0.2) is 29.8 Å². The van der Waals surface area contributed by atoms with Crippen molar-refractivity contribution < 1.29 is 14.3 Å². The van der Waals surface area contributed by atoms with E-state index in [0.717, 1.165) is 5.69 Å². The van der Waals surface area contributed by atoms with E-state index in [1.54, 1.807) is 25.3 Å². The molecule has 8 heteroatoms. The predicted molar refractivity (Wildman–Crippen MR) is 104 cm³/mol. The maximum Gasteiger partial charge on any atom is 0.270 e. The number of hydrogen-bond donors (Lipinski definition) is 3. The summed E-state index contributed by atoms with van der Waals surface area (Å²) in [6, 6.07) is 16.2. The number of para-hydroxylation sites is 1. The number of amides is 2. The molecule has 3 aromatic rings. The van der Waals surface area contributed by atoms with Crippen LogP contribution in [0.25, 0.3) is 10.9 Å². The molecule has 3 rings (SSSR count). The standard InChI is InChI=1S/C19H17ClN4O3/c1-27-13-6-4-5-12(9-13)21-17-10-15(19(26)24-23-18(25)11-20)14-7-2-3-8-16(14)22-17/h2-10H,11H2,1H3,(H,21,22)(H,23,25)(H,24,26). The number of benzene rings is 2. The number of aromatic nitrogens is 1. The van der Waals surface area contributed by atoms with E-state index >= 15 is 0 Å². The highest BCUT2D eigenvalue weighted by atomic mass is 35.5. The second-order valence-electron chi connectivity index (χ2n) is 5.57. The summed E-state index contributed by atoms with van der Waals surface area (Å²) in [6.45, 7) is 0. The summed E-state index contributed by atoms with van der Waals surface area (Å²) >= 11 is 5.42. The lowest BCUT2D eigenvalue weighted by atomic mass is 10.1. The fraction of sp³-hybridized carbons (Fsp3) is 0.105. The van der Waals surface area contributed by atoms with Crippen LogP contribution in [0.5, 0.6) is 5.75 Å². The van der Waals surface area contributed by atoms with Crippen LogP contribution in [0, 0.1) is 0 Å². The van der Waals surface area contributed by atoms with Gasteiger partial charge in [0.25, 0.3) is 11.8 Å². The first-order valence-corrected chi connectivity index (χ1v) is 8.60. The number of nitrogens with one attached hydrogen (secondary N) is 3. The second-order valence-corrected chi connectivity index (χ2v) is 5.83. The van der Waals surface area contributed by atoms with Gasteiger partial charge in [-0.05, 0) is 24.3 Å². The number of halogens is 1. The molecule has 2 amide bonds. The minimum Gasteiger partial charge on any atom is -0.497 e. The quantitative estimate of drug-likeness (QED) is 0.464. The lowest BCUT2D eigenvalue weighted by Crippen LogP contribution is -2.42. The van der Waals surface area contributed by atoms with Gasteiger partial charge in [-0.25, -0.2) is 4.98 Å². The highest BCUT2D eigenvalue weighted by molar-refractivity contribution is 6.27. The molecule has 0 fully saturated rings. The van der Waals surface area contributed by atoms with Gasteiger partial charge in [-0.15, -0.1) is 11.6 Å². The number of pyridine rings is 1. The predicted octanol–water partition coefficient (Wildman–Crippen LogP) is 2.99. The average molecular weight is 385 g/mol. The smallest absolute Gasteiger partial charge is 0.270 e. The van der Waals surface area contributed by atoms with E-state index < -0.39 is 11.8 Å². The monoisotopic (exact) mass is 384 g/mol. The molecule has 0 radical (unpaired) electrons. The number of methoxy groups -OCH3 is 1. The summed E-state index contributed by atoms with van der Waals surface area (Å²) in [5, 5.41) is 3.82. The molecule has 3 N–H and O–H groups in total. The van der Waals surface area contributed by atoms with Gasteiger partial charge in [0.2, 0.25) is 0 Å². The van der Waals surface area contributed by atoms with Crippen molar-refractivity contribution in [3.63, 3.8) is 0 Å². The van der Waals surface area contributed by atoms with Crippen molar-refractivity contribution in [2.24, 2.45) is 0 Å². The van der Waals surface area contributed by atoms with E-state index in [1.807, 2.05) is 36.4 Å². The Morgan fingerprint density at radius 1 is 1.07 bits per heavy atom. The van der Waals surface area contributed by atoms with E-state index in [-0.39, 0.29) is 5.88 Å². The number of hydrogen-bond acceptors (Lipinski definition) is 5. The zero-order valence-electron chi connectivity index (χ0n) is 14.5. The molecular weight excluding hydrogens is 368 g/mol. The Morgan fingerprint density at radius 2 is 1.89 bits per heavy atom. The zero-order chi connectivity index (χ0) is 19.2. The minimum absolute atomic E-state index is 0.250. The SMILES string of the molecule is COc1cccc(Nc2cc(C(=O)NNC(=O)CCl)c3ccccc3n2)c1. The van der Waals surface area contributed by atoms with Gasteiger partial charge in [0, 0.05) is 17.1 Å². The van der Waals surface area contributed by atoms with Gasteiger partial charge in [0.1, 0.15) is 17.4 Å². The number of carbonyl (C=O) groups is 2. The van der Waals surface area contributed by atoms with E-state index in [1.165, 1.54) is 0 Å². The molecule has 0 saturated heterocycles. The number of hydrazine groups is 1. The van der Waals surface area contributed by atoms with Crippen LogP contribution < -0.4 is 20.9 Å². The first-order valence-electron chi connectivity index (χ1n) is 8.06. The lowest BCUT2D eigenvalue weighted by molar-refractivity contribution is -0.119. The maximum absolute atomic E-state index is 12.5. The van der Waals surface area contributed by atoms with Crippen LogP contribution in [0.2, 0.25) is 0 Å². The number of anilines is 2. The first-order chi connectivity index (χ1) is 13.1. The fourth-order valence-corrected chi connectivity index (χ4v) is 2.57.